The predicted molar refractivity (Wildman–Crippen MR) is 152 cm³/mol. The molecule has 0 aliphatic carbocycles. The number of pyridine rings is 2. The number of benzene rings is 2. The van der Waals surface area contributed by atoms with Crippen molar-refractivity contribution in [2.45, 2.75) is 45.6 Å². The second-order valence-electron chi connectivity index (χ2n) is 10.3. The highest BCUT2D eigenvalue weighted by atomic mass is 16.2. The van der Waals surface area contributed by atoms with Crippen LogP contribution in [0.3, 0.4) is 0 Å². The van der Waals surface area contributed by atoms with Crippen LogP contribution in [0, 0.1) is 6.92 Å². The van der Waals surface area contributed by atoms with Crippen molar-refractivity contribution >= 4 is 34.1 Å². The molecule has 1 fully saturated rings. The number of amides is 2. The highest BCUT2D eigenvalue weighted by Crippen LogP contribution is 2.31. The molecule has 2 aromatic carbocycles. The summed E-state index contributed by atoms with van der Waals surface area (Å²) in [5.41, 5.74) is 3.87. The number of anilines is 2. The van der Waals surface area contributed by atoms with Crippen LogP contribution in [0.4, 0.5) is 11.5 Å². The Labute approximate surface area is 223 Å². The van der Waals surface area contributed by atoms with Gasteiger partial charge in [-0.15, -0.1) is 0 Å². The summed E-state index contributed by atoms with van der Waals surface area (Å²) in [6.45, 7) is 7.39. The molecule has 3 heterocycles. The van der Waals surface area contributed by atoms with Crippen molar-refractivity contribution in [1.29, 1.82) is 0 Å². The number of hydrogen-bond acceptors (Lipinski definition) is 5. The normalized spacial score (nSPS) is 14.1. The number of piperidine rings is 1. The first-order valence-corrected chi connectivity index (χ1v) is 13.1. The van der Waals surface area contributed by atoms with E-state index in [2.05, 4.69) is 38.8 Å². The van der Waals surface area contributed by atoms with Crippen molar-refractivity contribution in [3.63, 3.8) is 0 Å². The Hall–Kier alpha value is -4.26. The molecule has 0 unspecified atom stereocenters. The molecular formula is C31H33N5O2. The van der Waals surface area contributed by atoms with Gasteiger partial charge in [-0.3, -0.25) is 14.6 Å². The van der Waals surface area contributed by atoms with E-state index in [1.165, 1.54) is 10.9 Å². The van der Waals surface area contributed by atoms with Crippen LogP contribution in [0.1, 0.15) is 64.4 Å². The molecule has 7 heteroatoms. The van der Waals surface area contributed by atoms with Crippen LogP contribution in [0.5, 0.6) is 0 Å². The van der Waals surface area contributed by atoms with Crippen LogP contribution in [0.25, 0.3) is 10.8 Å². The van der Waals surface area contributed by atoms with Gasteiger partial charge in [0.2, 0.25) is 0 Å². The van der Waals surface area contributed by atoms with Gasteiger partial charge >= 0.3 is 0 Å². The fraction of sp³-hybridized carbons (Fsp3) is 0.290. The molecule has 2 amide bonds. The molecule has 2 N–H and O–H groups in total. The van der Waals surface area contributed by atoms with E-state index in [-0.39, 0.29) is 17.9 Å². The Morgan fingerprint density at radius 3 is 2.45 bits per heavy atom. The lowest BCUT2D eigenvalue weighted by atomic mass is 9.88. The molecule has 0 radical (unpaired) electrons. The van der Waals surface area contributed by atoms with Gasteiger partial charge in [-0.05, 0) is 92.4 Å². The van der Waals surface area contributed by atoms with Crippen LogP contribution >= 0.6 is 0 Å². The van der Waals surface area contributed by atoms with Gasteiger partial charge in [-0.25, -0.2) is 4.98 Å². The molecule has 7 nitrogen and oxygen atoms in total. The maximum Gasteiger partial charge on any atom is 0.257 e. The van der Waals surface area contributed by atoms with Crippen molar-refractivity contribution in [2.75, 3.05) is 23.7 Å². The van der Waals surface area contributed by atoms with Crippen molar-refractivity contribution < 1.29 is 9.59 Å². The molecule has 2 aromatic heterocycles. The Kier molecular flexibility index (Phi) is 7.36. The quantitative estimate of drug-likeness (QED) is 0.333. The van der Waals surface area contributed by atoms with Gasteiger partial charge in [-0.1, -0.05) is 18.2 Å². The maximum atomic E-state index is 13.4. The topological polar surface area (TPSA) is 87.2 Å². The lowest BCUT2D eigenvalue weighted by Crippen LogP contribution is -2.38. The van der Waals surface area contributed by atoms with Gasteiger partial charge in [0.15, 0.2) is 0 Å². The van der Waals surface area contributed by atoms with E-state index in [9.17, 15) is 9.59 Å². The molecule has 0 spiro atoms. The SMILES string of the molecule is Cc1ccc(C(=O)N2CCC(c3ccc4ccncc4c3)CC2)cc1NC(=O)c1ccc(NC(C)C)nc1. The number of aryl methyl sites for hydroxylation is 1. The standard InChI is InChI=1S/C31H33N5O2/c1-20(2)34-29-9-8-26(19-33-29)30(37)35-28-17-25(5-4-21(28)3)31(38)36-14-11-23(12-15-36)24-7-6-22-10-13-32-18-27(22)16-24/h4-10,13,16-20,23H,11-12,14-15H2,1-3H3,(H,33,34)(H,35,37). The molecule has 5 rings (SSSR count). The smallest absolute Gasteiger partial charge is 0.257 e. The number of rotatable bonds is 6. The number of fused-ring (bicyclic) bond motifs is 1. The highest BCUT2D eigenvalue weighted by molar-refractivity contribution is 6.05. The molecule has 194 valence electrons. The summed E-state index contributed by atoms with van der Waals surface area (Å²) in [4.78, 5) is 36.7. The van der Waals surface area contributed by atoms with E-state index in [1.807, 2.05) is 56.3 Å². The summed E-state index contributed by atoms with van der Waals surface area (Å²) in [6.07, 6.45) is 7.11. The van der Waals surface area contributed by atoms with Crippen molar-refractivity contribution in [2.24, 2.45) is 0 Å². The third-order valence-electron chi connectivity index (χ3n) is 7.11. The maximum absolute atomic E-state index is 13.4. The second kappa shape index (κ2) is 11.0. The minimum absolute atomic E-state index is 0.00700. The molecule has 38 heavy (non-hydrogen) atoms. The summed E-state index contributed by atoms with van der Waals surface area (Å²) in [7, 11) is 0. The number of aromatic nitrogens is 2. The molecule has 1 aliphatic heterocycles. The number of nitrogens with one attached hydrogen (secondary N) is 2. The number of carbonyl (C=O) groups is 2. The van der Waals surface area contributed by atoms with Crippen molar-refractivity contribution in [3.8, 4) is 0 Å². The summed E-state index contributed by atoms with van der Waals surface area (Å²) in [5, 5.41) is 8.50. The first-order chi connectivity index (χ1) is 18.4. The molecule has 1 aliphatic rings. The van der Waals surface area contributed by atoms with Crippen LogP contribution in [0.2, 0.25) is 0 Å². The fourth-order valence-corrected chi connectivity index (χ4v) is 4.95. The zero-order valence-corrected chi connectivity index (χ0v) is 22.1. The fourth-order valence-electron chi connectivity index (χ4n) is 4.95. The van der Waals surface area contributed by atoms with Gasteiger partial charge in [-0.2, -0.15) is 0 Å². The molecule has 1 saturated heterocycles. The first-order valence-electron chi connectivity index (χ1n) is 13.1. The number of likely N-dealkylation sites (tertiary alicyclic amines) is 1. The van der Waals surface area contributed by atoms with Crippen LogP contribution < -0.4 is 10.6 Å². The molecular weight excluding hydrogens is 474 g/mol. The number of nitrogens with zero attached hydrogens (tertiary/aromatic N) is 3. The minimum atomic E-state index is -0.257. The lowest BCUT2D eigenvalue weighted by molar-refractivity contribution is 0.0712. The summed E-state index contributed by atoms with van der Waals surface area (Å²) < 4.78 is 0. The Morgan fingerprint density at radius 2 is 1.71 bits per heavy atom. The van der Waals surface area contributed by atoms with E-state index in [0.717, 1.165) is 29.6 Å². The average Bonchev–Trinajstić information content (AvgIpc) is 2.93. The highest BCUT2D eigenvalue weighted by Gasteiger charge is 2.25. The lowest BCUT2D eigenvalue weighted by Gasteiger charge is -2.32. The number of hydrogen-bond donors (Lipinski definition) is 2. The molecule has 0 saturated carbocycles. The predicted octanol–water partition coefficient (Wildman–Crippen LogP) is 6.03. The average molecular weight is 508 g/mol. The first kappa shape index (κ1) is 25.4. The van der Waals surface area contributed by atoms with Gasteiger partial charge in [0.05, 0.1) is 5.56 Å². The van der Waals surface area contributed by atoms with Crippen LogP contribution in [-0.4, -0.2) is 45.8 Å². The summed E-state index contributed by atoms with van der Waals surface area (Å²) in [5.74, 6) is 0.883. The van der Waals surface area contributed by atoms with Gasteiger partial charge in [0, 0.05) is 54.4 Å². The van der Waals surface area contributed by atoms with Gasteiger partial charge < -0.3 is 15.5 Å². The van der Waals surface area contributed by atoms with Gasteiger partial charge in [0.1, 0.15) is 5.82 Å². The third-order valence-corrected chi connectivity index (χ3v) is 7.11. The molecule has 0 bridgehead atoms. The molecule has 4 aromatic rings. The Morgan fingerprint density at radius 1 is 0.921 bits per heavy atom. The van der Waals surface area contributed by atoms with E-state index in [4.69, 9.17) is 0 Å². The van der Waals surface area contributed by atoms with Crippen molar-refractivity contribution in [1.82, 2.24) is 14.9 Å². The van der Waals surface area contributed by atoms with E-state index in [1.54, 1.807) is 24.4 Å². The van der Waals surface area contributed by atoms with Crippen LogP contribution in [-0.2, 0) is 0 Å². The van der Waals surface area contributed by atoms with E-state index < -0.39 is 0 Å². The minimum Gasteiger partial charge on any atom is -0.368 e. The third kappa shape index (κ3) is 5.67. The monoisotopic (exact) mass is 507 g/mol. The molecule has 0 atom stereocenters. The van der Waals surface area contributed by atoms with Crippen LogP contribution in [0.15, 0.2) is 73.2 Å². The summed E-state index contributed by atoms with van der Waals surface area (Å²) >= 11 is 0. The van der Waals surface area contributed by atoms with Gasteiger partial charge in [0.25, 0.3) is 11.8 Å². The van der Waals surface area contributed by atoms with E-state index in [0.29, 0.717) is 35.8 Å². The summed E-state index contributed by atoms with van der Waals surface area (Å²) in [6, 6.07) is 17.9. The Balaban J connectivity index is 1.23. The Bertz CT molecular complexity index is 1460. The number of carbonyl (C=O) groups excluding carboxylic acids is 2. The largest absolute Gasteiger partial charge is 0.368 e. The zero-order valence-electron chi connectivity index (χ0n) is 22.1. The van der Waals surface area contributed by atoms with Crippen molar-refractivity contribution in [3.05, 3.63) is 95.4 Å². The second-order valence-corrected chi connectivity index (χ2v) is 10.3. The van der Waals surface area contributed by atoms with E-state index >= 15 is 0 Å². The zero-order chi connectivity index (χ0) is 26.6.